The van der Waals surface area contributed by atoms with Crippen molar-refractivity contribution in [3.8, 4) is 22.9 Å². The first-order chi connectivity index (χ1) is 19.2. The average molecular weight is 561 g/mol. The van der Waals surface area contributed by atoms with Gasteiger partial charge >= 0.3 is 0 Å². The molecule has 3 heterocycles. The molecule has 11 heteroatoms. The maximum Gasteiger partial charge on any atom is 0.252 e. The van der Waals surface area contributed by atoms with Gasteiger partial charge in [0.1, 0.15) is 5.75 Å². The van der Waals surface area contributed by atoms with Gasteiger partial charge in [0.25, 0.3) is 11.5 Å². The third-order valence-electron chi connectivity index (χ3n) is 6.92. The molecule has 0 saturated carbocycles. The van der Waals surface area contributed by atoms with Crippen molar-refractivity contribution in [2.75, 3.05) is 13.7 Å². The van der Waals surface area contributed by atoms with Crippen molar-refractivity contribution in [1.29, 1.82) is 5.26 Å². The molecule has 0 saturated heterocycles. The van der Waals surface area contributed by atoms with Crippen LogP contribution in [0.15, 0.2) is 59.8 Å². The van der Waals surface area contributed by atoms with E-state index in [1.807, 2.05) is 6.92 Å². The fraction of sp³-hybridized carbons (Fsp3) is 0.276. The van der Waals surface area contributed by atoms with E-state index in [1.54, 1.807) is 36.5 Å². The third kappa shape index (κ3) is 5.76. The summed E-state index contributed by atoms with van der Waals surface area (Å²) in [6.45, 7) is 2.35. The highest BCUT2D eigenvalue weighted by Gasteiger charge is 2.29. The molecule has 3 aromatic heterocycles. The highest BCUT2D eigenvalue weighted by molar-refractivity contribution is 6.31. The second kappa shape index (κ2) is 12.2. The molecular formula is C29H29ClN6O4. The molecule has 4 rings (SSSR count). The molecule has 0 aliphatic heterocycles. The maximum atomic E-state index is 13.9. The molecule has 0 spiro atoms. The number of pyridine rings is 2. The lowest BCUT2D eigenvalue weighted by atomic mass is 9.90. The molecule has 1 aromatic carbocycles. The number of fused-ring (bicyclic) bond motifs is 1. The van der Waals surface area contributed by atoms with E-state index in [2.05, 4.69) is 11.2 Å². The Labute approximate surface area is 235 Å². The van der Waals surface area contributed by atoms with Crippen molar-refractivity contribution < 1.29 is 14.3 Å². The van der Waals surface area contributed by atoms with Crippen LogP contribution in [0, 0.1) is 17.2 Å². The number of nitriles is 1. The number of ether oxygens (including phenoxy) is 1. The van der Waals surface area contributed by atoms with E-state index in [0.29, 0.717) is 57.9 Å². The first-order valence-electron chi connectivity index (χ1n) is 12.7. The number of aromatic nitrogens is 3. The standard InChI is InChI=1S/C29H29ClN6O4/c1-17(4-3-8-31)28(25(37)11-18-7-9-36-24(10-18)23(15-34-36)29(33)39)35-16-26(40-2)22(13-27(35)38)21-12-20(30)6-5-19(21)14-32/h5-7,9-10,12-13,15-17,28H,3-4,8,11,31H2,1-2H3,(H2,33,39)/t17?,28-/m0/s1. The fourth-order valence-corrected chi connectivity index (χ4v) is 5.10. The second-order valence-corrected chi connectivity index (χ2v) is 10.0. The molecule has 0 fully saturated rings. The summed E-state index contributed by atoms with van der Waals surface area (Å²) in [4.78, 5) is 39.2. The SMILES string of the molecule is COc1cn([C@H](C(=O)Cc2ccn3ncc(C(N)=O)c3c2)C(C)CCCN)c(=O)cc1-c1cc(Cl)ccc1C#N. The number of primary amides is 1. The smallest absolute Gasteiger partial charge is 0.252 e. The van der Waals surface area contributed by atoms with Crippen LogP contribution in [0.2, 0.25) is 5.02 Å². The Morgan fingerprint density at radius 2 is 1.98 bits per heavy atom. The number of benzene rings is 1. The molecular weight excluding hydrogens is 532 g/mol. The summed E-state index contributed by atoms with van der Waals surface area (Å²) in [5, 5.41) is 14.1. The number of nitrogens with zero attached hydrogens (tertiary/aromatic N) is 4. The van der Waals surface area contributed by atoms with Gasteiger partial charge in [-0.25, -0.2) is 4.52 Å². The molecule has 0 bridgehead atoms. The Balaban J connectivity index is 1.78. The number of nitrogens with two attached hydrogens (primary N) is 2. The largest absolute Gasteiger partial charge is 0.495 e. The van der Waals surface area contributed by atoms with Gasteiger partial charge in [0.05, 0.1) is 48.3 Å². The van der Waals surface area contributed by atoms with Gasteiger partial charge in [-0.3, -0.25) is 14.4 Å². The molecule has 4 aromatic rings. The lowest BCUT2D eigenvalue weighted by molar-refractivity contribution is -0.123. The molecule has 0 radical (unpaired) electrons. The van der Waals surface area contributed by atoms with Crippen LogP contribution in [0.1, 0.15) is 47.3 Å². The zero-order valence-corrected chi connectivity index (χ0v) is 22.9. The van der Waals surface area contributed by atoms with E-state index in [0.717, 1.165) is 0 Å². The number of amides is 1. The van der Waals surface area contributed by atoms with Gasteiger partial charge in [0.15, 0.2) is 5.78 Å². The van der Waals surface area contributed by atoms with Crippen molar-refractivity contribution >= 4 is 28.8 Å². The normalized spacial score (nSPS) is 12.6. The van der Waals surface area contributed by atoms with E-state index in [9.17, 15) is 19.6 Å². The van der Waals surface area contributed by atoms with Crippen LogP contribution >= 0.6 is 11.6 Å². The van der Waals surface area contributed by atoms with Gasteiger partial charge in [0.2, 0.25) is 0 Å². The summed E-state index contributed by atoms with van der Waals surface area (Å²) in [5.74, 6) is -0.741. The van der Waals surface area contributed by atoms with E-state index >= 15 is 0 Å². The monoisotopic (exact) mass is 560 g/mol. The number of carbonyl (C=O) groups excluding carboxylic acids is 2. The summed E-state index contributed by atoms with van der Waals surface area (Å²) in [5.41, 5.74) is 13.3. The van der Waals surface area contributed by atoms with Crippen molar-refractivity contribution in [1.82, 2.24) is 14.2 Å². The van der Waals surface area contributed by atoms with E-state index in [1.165, 1.54) is 34.7 Å². The van der Waals surface area contributed by atoms with Crippen molar-refractivity contribution in [3.05, 3.63) is 87.1 Å². The van der Waals surface area contributed by atoms with Crippen LogP contribution in [0.5, 0.6) is 5.75 Å². The third-order valence-corrected chi connectivity index (χ3v) is 7.15. The van der Waals surface area contributed by atoms with Gasteiger partial charge in [0, 0.05) is 34.8 Å². The van der Waals surface area contributed by atoms with E-state index < -0.39 is 17.5 Å². The molecule has 1 amide bonds. The molecule has 0 aliphatic rings. The number of rotatable bonds is 11. The lowest BCUT2D eigenvalue weighted by Crippen LogP contribution is -2.35. The summed E-state index contributed by atoms with van der Waals surface area (Å²) >= 11 is 6.19. The minimum atomic E-state index is -0.825. The van der Waals surface area contributed by atoms with E-state index in [4.69, 9.17) is 27.8 Å². The summed E-state index contributed by atoms with van der Waals surface area (Å²) in [6.07, 6.45) is 5.83. The van der Waals surface area contributed by atoms with Crippen LogP contribution in [-0.2, 0) is 11.2 Å². The highest BCUT2D eigenvalue weighted by atomic mass is 35.5. The summed E-state index contributed by atoms with van der Waals surface area (Å²) < 4.78 is 8.51. The van der Waals surface area contributed by atoms with Crippen LogP contribution in [0.4, 0.5) is 0 Å². The van der Waals surface area contributed by atoms with Gasteiger partial charge in [-0.15, -0.1) is 0 Å². The molecule has 0 aliphatic carbocycles. The zero-order chi connectivity index (χ0) is 29.0. The first-order valence-corrected chi connectivity index (χ1v) is 13.0. The summed E-state index contributed by atoms with van der Waals surface area (Å²) in [6, 6.07) is 10.8. The predicted octanol–water partition coefficient (Wildman–Crippen LogP) is 3.52. The molecule has 1 unspecified atom stereocenters. The molecule has 2 atom stereocenters. The zero-order valence-electron chi connectivity index (χ0n) is 22.1. The van der Waals surface area contributed by atoms with Crippen LogP contribution in [-0.4, -0.2) is 39.5 Å². The lowest BCUT2D eigenvalue weighted by Gasteiger charge is -2.26. The second-order valence-electron chi connectivity index (χ2n) is 9.59. The number of halogens is 1. The topological polar surface area (TPSA) is 158 Å². The Kier molecular flexibility index (Phi) is 8.67. The molecule has 4 N–H and O–H groups in total. The van der Waals surface area contributed by atoms with E-state index in [-0.39, 0.29) is 23.7 Å². The number of ketones is 1. The Morgan fingerprint density at radius 3 is 2.65 bits per heavy atom. The number of Topliss-reactive ketones (excluding diaryl/α,β-unsaturated/α-hetero) is 1. The van der Waals surface area contributed by atoms with Crippen molar-refractivity contribution in [2.24, 2.45) is 17.4 Å². The highest BCUT2D eigenvalue weighted by Crippen LogP contribution is 2.34. The first kappa shape index (κ1) is 28.5. The number of methoxy groups -OCH3 is 1. The fourth-order valence-electron chi connectivity index (χ4n) is 4.93. The van der Waals surface area contributed by atoms with Gasteiger partial charge in [-0.2, -0.15) is 10.4 Å². The average Bonchev–Trinajstić information content (AvgIpc) is 3.36. The van der Waals surface area contributed by atoms with Crippen molar-refractivity contribution in [3.63, 3.8) is 0 Å². The van der Waals surface area contributed by atoms with Gasteiger partial charge in [-0.1, -0.05) is 18.5 Å². The maximum absolute atomic E-state index is 13.9. The molecule has 10 nitrogen and oxygen atoms in total. The quantitative estimate of drug-likeness (QED) is 0.284. The summed E-state index contributed by atoms with van der Waals surface area (Å²) in [7, 11) is 1.45. The number of carbonyl (C=O) groups is 2. The number of hydrogen-bond donors (Lipinski definition) is 2. The van der Waals surface area contributed by atoms with Crippen molar-refractivity contribution in [2.45, 2.75) is 32.2 Å². The Bertz CT molecular complexity index is 1690. The van der Waals surface area contributed by atoms with Gasteiger partial charge in [-0.05, 0) is 61.2 Å². The minimum absolute atomic E-state index is 0.000887. The minimum Gasteiger partial charge on any atom is -0.495 e. The van der Waals surface area contributed by atoms with Crippen LogP contribution < -0.4 is 21.8 Å². The van der Waals surface area contributed by atoms with Crippen LogP contribution in [0.25, 0.3) is 16.6 Å². The Hall–Kier alpha value is -4.46. The predicted molar refractivity (Wildman–Crippen MR) is 151 cm³/mol. The van der Waals surface area contributed by atoms with Crippen LogP contribution in [0.3, 0.4) is 0 Å². The molecule has 40 heavy (non-hydrogen) atoms. The number of hydrogen-bond acceptors (Lipinski definition) is 7. The molecule has 206 valence electrons. The van der Waals surface area contributed by atoms with Gasteiger partial charge < -0.3 is 20.8 Å². The Morgan fingerprint density at radius 1 is 1.20 bits per heavy atom.